The van der Waals surface area contributed by atoms with Gasteiger partial charge in [0.05, 0.1) is 0 Å². The van der Waals surface area contributed by atoms with E-state index in [2.05, 4.69) is 118 Å². The van der Waals surface area contributed by atoms with Gasteiger partial charge < -0.3 is 14.2 Å². The van der Waals surface area contributed by atoms with E-state index in [-0.39, 0.29) is 37.5 Å². The lowest BCUT2D eigenvalue weighted by atomic mass is 10.0. The van der Waals surface area contributed by atoms with Crippen molar-refractivity contribution in [2.75, 3.05) is 13.2 Å². The molecule has 0 aromatic rings. The second kappa shape index (κ2) is 52.9. The van der Waals surface area contributed by atoms with Crippen molar-refractivity contribution in [2.24, 2.45) is 0 Å². The highest BCUT2D eigenvalue weighted by Gasteiger charge is 2.19. The predicted molar refractivity (Wildman–Crippen MR) is 279 cm³/mol. The first-order chi connectivity index (χ1) is 32.0. The molecule has 0 rings (SSSR count). The molecule has 6 heteroatoms. The molecule has 65 heavy (non-hydrogen) atoms. The third-order valence-corrected chi connectivity index (χ3v) is 11.1. The third-order valence-electron chi connectivity index (χ3n) is 11.1. The van der Waals surface area contributed by atoms with E-state index >= 15 is 0 Å². The quantitative estimate of drug-likeness (QED) is 0.0262. The van der Waals surface area contributed by atoms with E-state index < -0.39 is 6.10 Å². The summed E-state index contributed by atoms with van der Waals surface area (Å²) in [5.74, 6) is -0.971. The fourth-order valence-electron chi connectivity index (χ4n) is 7.06. The summed E-state index contributed by atoms with van der Waals surface area (Å²) >= 11 is 0. The standard InChI is InChI=1S/C59H98O6/c1-4-7-10-13-16-19-22-24-25-26-27-28-29-30-31-32-33-35-37-40-43-46-49-52-58(61)64-55-56(54-63-57(60)51-48-45-42-39-36-21-18-15-12-9-6-3)65-59(62)53-50-47-44-41-38-34-23-20-17-14-11-8-5-2/h7,10,15-16,18-19,24-25,27-28,30-31,33,35,40,43,56H,4-6,8-9,11-14,17,20-23,26,29,32,34,36-39,41-42,44-55H2,1-3H3/b10-7-,18-15-,19-16-,25-24-,28-27-,31-30-,35-33-,43-40-. The van der Waals surface area contributed by atoms with E-state index in [4.69, 9.17) is 14.2 Å². The first-order valence-electron chi connectivity index (χ1n) is 26.7. The number of allylic oxidation sites excluding steroid dienone is 16. The Morgan fingerprint density at radius 1 is 0.323 bits per heavy atom. The van der Waals surface area contributed by atoms with Crippen LogP contribution in [0.15, 0.2) is 97.2 Å². The van der Waals surface area contributed by atoms with Crippen molar-refractivity contribution >= 4 is 17.9 Å². The van der Waals surface area contributed by atoms with Crippen molar-refractivity contribution < 1.29 is 28.6 Å². The van der Waals surface area contributed by atoms with Crippen LogP contribution in [-0.2, 0) is 28.6 Å². The van der Waals surface area contributed by atoms with Crippen molar-refractivity contribution in [2.45, 2.75) is 245 Å². The van der Waals surface area contributed by atoms with Crippen LogP contribution >= 0.6 is 0 Å². The molecular weight excluding hydrogens is 805 g/mol. The summed E-state index contributed by atoms with van der Waals surface area (Å²) < 4.78 is 16.7. The maximum absolute atomic E-state index is 12.8. The average Bonchev–Trinajstić information content (AvgIpc) is 3.30. The summed E-state index contributed by atoms with van der Waals surface area (Å²) in [6, 6.07) is 0. The smallest absolute Gasteiger partial charge is 0.306 e. The zero-order chi connectivity index (χ0) is 47.2. The molecule has 0 aliphatic heterocycles. The third kappa shape index (κ3) is 51.2. The molecule has 0 aliphatic carbocycles. The van der Waals surface area contributed by atoms with E-state index in [1.165, 1.54) is 89.9 Å². The molecule has 1 atom stereocenters. The number of hydrogen-bond donors (Lipinski definition) is 0. The molecule has 0 N–H and O–H groups in total. The van der Waals surface area contributed by atoms with Gasteiger partial charge in [0.2, 0.25) is 0 Å². The van der Waals surface area contributed by atoms with Crippen LogP contribution in [-0.4, -0.2) is 37.2 Å². The summed E-state index contributed by atoms with van der Waals surface area (Å²) in [7, 11) is 0. The number of unbranched alkanes of at least 4 members (excludes halogenated alkanes) is 20. The Labute approximate surface area is 400 Å². The predicted octanol–water partition coefficient (Wildman–Crippen LogP) is 17.8. The normalized spacial score (nSPS) is 12.8. The van der Waals surface area contributed by atoms with Crippen LogP contribution in [0.1, 0.15) is 239 Å². The molecule has 6 nitrogen and oxygen atoms in total. The summed E-state index contributed by atoms with van der Waals surface area (Å²) in [6.07, 6.45) is 69.7. The largest absolute Gasteiger partial charge is 0.462 e. The zero-order valence-electron chi connectivity index (χ0n) is 42.2. The monoisotopic (exact) mass is 903 g/mol. The summed E-state index contributed by atoms with van der Waals surface area (Å²) in [5, 5.41) is 0. The molecule has 0 saturated carbocycles. The van der Waals surface area contributed by atoms with Crippen molar-refractivity contribution in [3.8, 4) is 0 Å². The molecule has 0 saturated heterocycles. The molecule has 0 radical (unpaired) electrons. The maximum atomic E-state index is 12.8. The van der Waals surface area contributed by atoms with Gasteiger partial charge in [-0.25, -0.2) is 0 Å². The van der Waals surface area contributed by atoms with Crippen LogP contribution in [0.2, 0.25) is 0 Å². The molecule has 0 amide bonds. The zero-order valence-corrected chi connectivity index (χ0v) is 42.2. The van der Waals surface area contributed by atoms with Crippen LogP contribution in [0.25, 0.3) is 0 Å². The SMILES string of the molecule is CC/C=C\C/C=C\C/C=C\C/C=C\C/C=C\C/C=C\C/C=C\CCCC(=O)OCC(COC(=O)CCCCCCC/C=C\CCCC)OC(=O)CCCCCCCCCCCCCCC. The maximum Gasteiger partial charge on any atom is 0.306 e. The van der Waals surface area contributed by atoms with Gasteiger partial charge in [0.25, 0.3) is 0 Å². The summed E-state index contributed by atoms with van der Waals surface area (Å²) in [6.45, 7) is 6.42. The Hall–Kier alpha value is -3.67. The lowest BCUT2D eigenvalue weighted by molar-refractivity contribution is -0.167. The molecule has 0 aromatic carbocycles. The number of hydrogen-bond acceptors (Lipinski definition) is 6. The molecule has 0 fully saturated rings. The minimum atomic E-state index is -0.802. The second-order valence-corrected chi connectivity index (χ2v) is 17.4. The van der Waals surface area contributed by atoms with Gasteiger partial charge in [0, 0.05) is 19.3 Å². The van der Waals surface area contributed by atoms with Gasteiger partial charge in [-0.05, 0) is 89.9 Å². The van der Waals surface area contributed by atoms with Crippen LogP contribution in [0, 0.1) is 0 Å². The highest BCUT2D eigenvalue weighted by Crippen LogP contribution is 2.14. The number of ether oxygens (including phenoxy) is 3. The van der Waals surface area contributed by atoms with Gasteiger partial charge in [0.15, 0.2) is 6.10 Å². The minimum absolute atomic E-state index is 0.0990. The number of esters is 3. The van der Waals surface area contributed by atoms with Gasteiger partial charge in [-0.3, -0.25) is 14.4 Å². The average molecular weight is 903 g/mol. The highest BCUT2D eigenvalue weighted by atomic mass is 16.6. The second-order valence-electron chi connectivity index (χ2n) is 17.4. The van der Waals surface area contributed by atoms with E-state index in [0.29, 0.717) is 19.3 Å². The van der Waals surface area contributed by atoms with Crippen molar-refractivity contribution in [3.63, 3.8) is 0 Å². The van der Waals surface area contributed by atoms with E-state index in [1.54, 1.807) is 0 Å². The Balaban J connectivity index is 4.44. The Bertz CT molecular complexity index is 1310. The Morgan fingerprint density at radius 3 is 1.06 bits per heavy atom. The molecule has 0 heterocycles. The molecule has 0 aliphatic rings. The lowest BCUT2D eigenvalue weighted by Gasteiger charge is -2.18. The first-order valence-corrected chi connectivity index (χ1v) is 26.7. The summed E-state index contributed by atoms with van der Waals surface area (Å²) in [5.41, 5.74) is 0. The van der Waals surface area contributed by atoms with Crippen LogP contribution in [0.3, 0.4) is 0 Å². The van der Waals surface area contributed by atoms with Gasteiger partial charge in [-0.15, -0.1) is 0 Å². The number of carbonyl (C=O) groups is 3. The van der Waals surface area contributed by atoms with Gasteiger partial charge in [-0.2, -0.15) is 0 Å². The molecular formula is C59H98O6. The van der Waals surface area contributed by atoms with E-state index in [1.807, 2.05) is 0 Å². The van der Waals surface area contributed by atoms with Crippen LogP contribution < -0.4 is 0 Å². The van der Waals surface area contributed by atoms with Gasteiger partial charge >= 0.3 is 17.9 Å². The lowest BCUT2D eigenvalue weighted by Crippen LogP contribution is -2.30. The van der Waals surface area contributed by atoms with Crippen LogP contribution in [0.4, 0.5) is 0 Å². The van der Waals surface area contributed by atoms with E-state index in [9.17, 15) is 14.4 Å². The van der Waals surface area contributed by atoms with Crippen molar-refractivity contribution in [1.29, 1.82) is 0 Å². The molecule has 0 aromatic heterocycles. The Morgan fingerprint density at radius 2 is 0.631 bits per heavy atom. The highest BCUT2D eigenvalue weighted by molar-refractivity contribution is 5.71. The van der Waals surface area contributed by atoms with Crippen molar-refractivity contribution in [1.82, 2.24) is 0 Å². The summed E-state index contributed by atoms with van der Waals surface area (Å²) in [4.78, 5) is 37.9. The van der Waals surface area contributed by atoms with E-state index in [0.717, 1.165) is 103 Å². The Kier molecular flexibility index (Phi) is 50.0. The van der Waals surface area contributed by atoms with Gasteiger partial charge in [0.1, 0.15) is 13.2 Å². The molecule has 0 spiro atoms. The van der Waals surface area contributed by atoms with Gasteiger partial charge in [-0.1, -0.05) is 227 Å². The fourth-order valence-corrected chi connectivity index (χ4v) is 7.06. The first kappa shape index (κ1) is 61.3. The molecule has 370 valence electrons. The van der Waals surface area contributed by atoms with Crippen molar-refractivity contribution in [3.05, 3.63) is 97.2 Å². The number of rotatable bonds is 47. The topological polar surface area (TPSA) is 78.9 Å². The molecule has 0 bridgehead atoms. The minimum Gasteiger partial charge on any atom is -0.462 e. The number of carbonyl (C=O) groups excluding carboxylic acids is 3. The molecule has 1 unspecified atom stereocenters. The van der Waals surface area contributed by atoms with Crippen LogP contribution in [0.5, 0.6) is 0 Å². The fraction of sp³-hybridized carbons (Fsp3) is 0.678.